The van der Waals surface area contributed by atoms with Crippen LogP contribution in [0.15, 0.2) is 24.3 Å². The summed E-state index contributed by atoms with van der Waals surface area (Å²) in [7, 11) is 0. The first-order valence-corrected chi connectivity index (χ1v) is 13.6. The van der Waals surface area contributed by atoms with Crippen molar-refractivity contribution in [2.75, 3.05) is 0 Å². The Labute approximate surface area is 227 Å². The van der Waals surface area contributed by atoms with E-state index >= 15 is 0 Å². The second-order valence-electron chi connectivity index (χ2n) is 9.19. The van der Waals surface area contributed by atoms with Crippen molar-refractivity contribution in [3.63, 3.8) is 0 Å². The average Bonchev–Trinajstić information content (AvgIpc) is 2.83. The highest BCUT2D eigenvalue weighted by Crippen LogP contribution is 2.15. The van der Waals surface area contributed by atoms with Gasteiger partial charge in [-0.25, -0.2) is 0 Å². The lowest BCUT2D eigenvalue weighted by atomic mass is 10.00. The molecule has 0 fully saturated rings. The lowest BCUT2D eigenvalue weighted by molar-refractivity contribution is -0.153. The van der Waals surface area contributed by atoms with Crippen molar-refractivity contribution in [1.82, 2.24) is 10.6 Å². The van der Waals surface area contributed by atoms with Gasteiger partial charge in [-0.1, -0.05) is 52.2 Å². The van der Waals surface area contributed by atoms with Gasteiger partial charge in [0.05, 0.1) is 6.42 Å². The molecule has 0 aliphatic rings. The van der Waals surface area contributed by atoms with E-state index in [1.54, 1.807) is 0 Å². The van der Waals surface area contributed by atoms with Crippen molar-refractivity contribution in [1.29, 1.82) is 0 Å². The van der Waals surface area contributed by atoms with Crippen LogP contribution < -0.4 is 16.4 Å². The maximum absolute atomic E-state index is 13.0. The maximum Gasteiger partial charge on any atom is 0.325 e. The number of ether oxygens (including phenoxy) is 1. The van der Waals surface area contributed by atoms with E-state index in [0.717, 1.165) is 34.8 Å². The molecule has 0 aliphatic carbocycles. The normalized spacial score (nSPS) is 15.2. The molecule has 0 unspecified atom stereocenters. The number of hydrogen-bond acceptors (Lipinski definition) is 6. The van der Waals surface area contributed by atoms with Gasteiger partial charge in [0.2, 0.25) is 11.8 Å². The van der Waals surface area contributed by atoms with Gasteiger partial charge in [-0.3, -0.25) is 19.2 Å². The molecule has 5 N–H and O–H groups in total. The molecule has 36 heavy (non-hydrogen) atoms. The largest absolute Gasteiger partial charge is 0.480 e. The number of carbonyl (C=O) groups is 4. The van der Waals surface area contributed by atoms with E-state index in [0.29, 0.717) is 6.42 Å². The number of benzene rings is 1. The molecule has 202 valence electrons. The number of unbranched alkanes of at least 4 members (excludes halogenated alkanes) is 2. The number of aliphatic carboxylic acids is 1. The molecule has 0 aromatic heterocycles. The summed E-state index contributed by atoms with van der Waals surface area (Å²) in [5.74, 6) is -2.84. The smallest absolute Gasteiger partial charge is 0.325 e. The van der Waals surface area contributed by atoms with Gasteiger partial charge in [0.1, 0.15) is 24.2 Å². The van der Waals surface area contributed by atoms with Gasteiger partial charge in [0, 0.05) is 9.99 Å². The lowest BCUT2D eigenvalue weighted by Crippen LogP contribution is -2.52. The molecule has 1 aromatic carbocycles. The Morgan fingerprint density at radius 1 is 1.06 bits per heavy atom. The van der Waals surface area contributed by atoms with Crippen molar-refractivity contribution < 1.29 is 29.0 Å². The van der Waals surface area contributed by atoms with Crippen LogP contribution in [0.2, 0.25) is 0 Å². The SMILES string of the molecule is CCCCC[C@H](CC(=O)N[C@@H](Cc1ccc(I)cc1)C(=O)N[C@@H](C)C(=O)O)OC(=O)[C@H](N)[C@@H](C)CC. The van der Waals surface area contributed by atoms with Gasteiger partial charge in [-0.15, -0.1) is 0 Å². The number of halogens is 1. The Hall–Kier alpha value is -2.21. The Bertz CT molecular complexity index is 864. The van der Waals surface area contributed by atoms with Crippen LogP contribution in [0, 0.1) is 9.49 Å². The molecule has 1 rings (SSSR count). The molecule has 10 heteroatoms. The van der Waals surface area contributed by atoms with Gasteiger partial charge >= 0.3 is 11.9 Å². The minimum absolute atomic E-state index is 0.0548. The van der Waals surface area contributed by atoms with Crippen LogP contribution in [0.4, 0.5) is 0 Å². The summed E-state index contributed by atoms with van der Waals surface area (Å²) in [5.41, 5.74) is 6.83. The third-order valence-electron chi connectivity index (χ3n) is 6.09. The fourth-order valence-corrected chi connectivity index (χ4v) is 3.81. The number of carboxylic acid groups (broad SMARTS) is 1. The fourth-order valence-electron chi connectivity index (χ4n) is 3.45. The quantitative estimate of drug-likeness (QED) is 0.127. The number of hydrogen-bond donors (Lipinski definition) is 4. The number of nitrogens with two attached hydrogens (primary N) is 1. The topological polar surface area (TPSA) is 148 Å². The number of esters is 1. The van der Waals surface area contributed by atoms with Gasteiger partial charge in [-0.2, -0.15) is 0 Å². The van der Waals surface area contributed by atoms with Crippen LogP contribution >= 0.6 is 22.6 Å². The van der Waals surface area contributed by atoms with E-state index in [-0.39, 0.29) is 18.8 Å². The third-order valence-corrected chi connectivity index (χ3v) is 6.81. The summed E-state index contributed by atoms with van der Waals surface area (Å²) < 4.78 is 6.64. The number of amides is 2. The molecule has 0 spiro atoms. The number of rotatable bonds is 16. The monoisotopic (exact) mass is 617 g/mol. The summed E-state index contributed by atoms with van der Waals surface area (Å²) in [6, 6.07) is 4.59. The molecule has 0 heterocycles. The number of nitrogens with one attached hydrogen (secondary N) is 2. The zero-order chi connectivity index (χ0) is 27.3. The van der Waals surface area contributed by atoms with Crippen molar-refractivity contribution in [2.45, 2.75) is 96.9 Å². The van der Waals surface area contributed by atoms with Crippen molar-refractivity contribution in [3.8, 4) is 0 Å². The molecule has 1 aromatic rings. The van der Waals surface area contributed by atoms with Gasteiger partial charge in [0.25, 0.3) is 0 Å². The first-order chi connectivity index (χ1) is 17.0. The highest BCUT2D eigenvalue weighted by molar-refractivity contribution is 14.1. The minimum Gasteiger partial charge on any atom is -0.480 e. The first kappa shape index (κ1) is 31.8. The Morgan fingerprint density at radius 2 is 1.69 bits per heavy atom. The molecule has 9 nitrogen and oxygen atoms in total. The van der Waals surface area contributed by atoms with E-state index in [4.69, 9.17) is 15.6 Å². The van der Waals surface area contributed by atoms with Crippen molar-refractivity contribution in [3.05, 3.63) is 33.4 Å². The summed E-state index contributed by atoms with van der Waals surface area (Å²) in [6.45, 7) is 7.22. The summed E-state index contributed by atoms with van der Waals surface area (Å²) in [6.07, 6.45) is 3.30. The van der Waals surface area contributed by atoms with Crippen LogP contribution in [0.1, 0.15) is 71.8 Å². The molecule has 5 atom stereocenters. The van der Waals surface area contributed by atoms with Gasteiger partial charge < -0.3 is 26.2 Å². The molecular formula is C26H40IN3O6. The highest BCUT2D eigenvalue weighted by Gasteiger charge is 2.28. The van der Waals surface area contributed by atoms with Crippen LogP contribution in [-0.4, -0.2) is 53.1 Å². The zero-order valence-corrected chi connectivity index (χ0v) is 23.7. The second-order valence-corrected chi connectivity index (χ2v) is 10.4. The highest BCUT2D eigenvalue weighted by atomic mass is 127. The predicted molar refractivity (Wildman–Crippen MR) is 146 cm³/mol. The van der Waals surface area contributed by atoms with E-state index in [2.05, 4.69) is 40.1 Å². The van der Waals surface area contributed by atoms with Crippen LogP contribution in [-0.2, 0) is 30.3 Å². The standard InChI is InChI=1S/C26H40IN3O6/c1-5-7-8-9-20(36-26(35)23(28)16(3)6-2)15-22(31)30-21(24(32)29-17(4)25(33)34)14-18-10-12-19(27)13-11-18/h10-13,16-17,20-21,23H,5-9,14-15,28H2,1-4H3,(H,29,32)(H,30,31)(H,33,34)/t16-,17-,20+,21-,23+/m0/s1. The summed E-state index contributed by atoms with van der Waals surface area (Å²) in [4.78, 5) is 49.6. The molecule has 0 saturated heterocycles. The second kappa shape index (κ2) is 16.5. The first-order valence-electron chi connectivity index (χ1n) is 12.5. The Balaban J connectivity index is 2.97. The van der Waals surface area contributed by atoms with Crippen molar-refractivity contribution >= 4 is 46.3 Å². The minimum atomic E-state index is -1.18. The van der Waals surface area contributed by atoms with E-state index in [1.807, 2.05) is 38.1 Å². The molecule has 0 bridgehead atoms. The lowest BCUT2D eigenvalue weighted by Gasteiger charge is -2.24. The number of carbonyl (C=O) groups excluding carboxylic acids is 3. The molecule has 0 aliphatic heterocycles. The molecule has 0 radical (unpaired) electrons. The summed E-state index contributed by atoms with van der Waals surface area (Å²) in [5, 5.41) is 14.3. The van der Waals surface area contributed by atoms with E-state index in [9.17, 15) is 19.2 Å². The number of carboxylic acids is 1. The zero-order valence-electron chi connectivity index (χ0n) is 21.6. The van der Waals surface area contributed by atoms with E-state index in [1.165, 1.54) is 6.92 Å². The Kier molecular flexibility index (Phi) is 14.6. The molecule has 0 saturated carbocycles. The van der Waals surface area contributed by atoms with Gasteiger partial charge in [-0.05, 0) is 66.0 Å². The van der Waals surface area contributed by atoms with Gasteiger partial charge in [0.15, 0.2) is 0 Å². The average molecular weight is 618 g/mol. The fraction of sp³-hybridized carbons (Fsp3) is 0.615. The molecular weight excluding hydrogens is 577 g/mol. The van der Waals surface area contributed by atoms with Crippen LogP contribution in [0.3, 0.4) is 0 Å². The van der Waals surface area contributed by atoms with Crippen molar-refractivity contribution in [2.24, 2.45) is 11.7 Å². The van der Waals surface area contributed by atoms with E-state index < -0.39 is 48.0 Å². The third kappa shape index (κ3) is 11.7. The molecule has 2 amide bonds. The predicted octanol–water partition coefficient (Wildman–Crippen LogP) is 3.16. The summed E-state index contributed by atoms with van der Waals surface area (Å²) >= 11 is 2.17. The van der Waals surface area contributed by atoms with Crippen LogP contribution in [0.5, 0.6) is 0 Å². The van der Waals surface area contributed by atoms with Crippen LogP contribution in [0.25, 0.3) is 0 Å². The Morgan fingerprint density at radius 3 is 2.25 bits per heavy atom. The maximum atomic E-state index is 13.0.